The van der Waals surface area contributed by atoms with Crippen molar-refractivity contribution in [3.8, 4) is 0 Å². The van der Waals surface area contributed by atoms with E-state index in [0.29, 0.717) is 0 Å². The van der Waals surface area contributed by atoms with E-state index in [1.807, 2.05) is 56.6 Å². The van der Waals surface area contributed by atoms with Crippen molar-refractivity contribution in [3.63, 3.8) is 0 Å². The van der Waals surface area contributed by atoms with Crippen LogP contribution in [-0.4, -0.2) is 19.3 Å². The molecule has 0 spiro atoms. The molecule has 1 N–H and O–H groups in total. The fourth-order valence-corrected chi connectivity index (χ4v) is 5.21. The third-order valence-corrected chi connectivity index (χ3v) is 7.43. The van der Waals surface area contributed by atoms with E-state index < -0.39 is 0 Å². The van der Waals surface area contributed by atoms with Crippen molar-refractivity contribution < 1.29 is 0 Å². The Kier molecular flexibility index (Phi) is 12.4. The van der Waals surface area contributed by atoms with Crippen LogP contribution in [0.15, 0.2) is 169 Å². The number of hydrogen-bond donors (Lipinski definition) is 1. The zero-order valence-corrected chi connectivity index (χ0v) is 26.1. The number of hydrogen-bond acceptors (Lipinski definition) is 4. The van der Waals surface area contributed by atoms with Gasteiger partial charge in [0.1, 0.15) is 0 Å². The maximum Gasteiger partial charge on any atom is 0.0699 e. The summed E-state index contributed by atoms with van der Waals surface area (Å²) in [6.45, 7) is 14.7. The molecule has 0 fully saturated rings. The van der Waals surface area contributed by atoms with E-state index in [4.69, 9.17) is 4.99 Å². The highest BCUT2D eigenvalue weighted by atomic mass is 15.3. The van der Waals surface area contributed by atoms with Crippen LogP contribution >= 0.6 is 0 Å². The van der Waals surface area contributed by atoms with Gasteiger partial charge < -0.3 is 15.1 Å². The Balaban J connectivity index is 1.36. The van der Waals surface area contributed by atoms with Crippen molar-refractivity contribution in [3.05, 3.63) is 169 Å². The molecule has 0 atom stereocenters. The maximum atomic E-state index is 4.69. The van der Waals surface area contributed by atoms with Crippen LogP contribution in [0.5, 0.6) is 0 Å². The maximum absolute atomic E-state index is 4.69. The van der Waals surface area contributed by atoms with Crippen LogP contribution in [0.25, 0.3) is 0 Å². The van der Waals surface area contributed by atoms with Gasteiger partial charge in [0.05, 0.1) is 22.7 Å². The minimum atomic E-state index is 0.774. The Morgan fingerprint density at radius 1 is 0.773 bits per heavy atom. The van der Waals surface area contributed by atoms with Gasteiger partial charge in [-0.05, 0) is 98.2 Å². The fourth-order valence-electron chi connectivity index (χ4n) is 5.21. The largest absolute Gasteiger partial charge is 0.387 e. The summed E-state index contributed by atoms with van der Waals surface area (Å²) in [4.78, 5) is 9.43. The van der Waals surface area contributed by atoms with Crippen LogP contribution in [0.3, 0.4) is 0 Å². The third kappa shape index (κ3) is 8.26. The predicted octanol–water partition coefficient (Wildman–Crippen LogP) is 10.1. The van der Waals surface area contributed by atoms with Crippen molar-refractivity contribution in [1.29, 1.82) is 0 Å². The van der Waals surface area contributed by atoms with Gasteiger partial charge in [0.2, 0.25) is 0 Å². The average Bonchev–Trinajstić information content (AvgIpc) is 3.07. The summed E-state index contributed by atoms with van der Waals surface area (Å²) in [5.74, 6) is 0. The number of fused-ring (bicyclic) bond motifs is 2. The minimum absolute atomic E-state index is 0.774. The number of para-hydroxylation sites is 4. The zero-order valence-electron chi connectivity index (χ0n) is 26.1. The summed E-state index contributed by atoms with van der Waals surface area (Å²) in [5.41, 5.74) is 9.16. The number of nitrogens with one attached hydrogen (secondary N) is 1. The van der Waals surface area contributed by atoms with Gasteiger partial charge in [-0.15, -0.1) is 0 Å². The fraction of sp³-hybridized carbons (Fsp3) is 0.175. The van der Waals surface area contributed by atoms with Crippen LogP contribution in [0.1, 0.15) is 32.3 Å². The molecule has 1 aliphatic rings. The Hall–Kier alpha value is -5.09. The summed E-state index contributed by atoms with van der Waals surface area (Å²) in [7, 11) is 0. The second-order valence-electron chi connectivity index (χ2n) is 10.3. The van der Waals surface area contributed by atoms with Crippen LogP contribution < -0.4 is 15.1 Å². The molecule has 0 radical (unpaired) electrons. The summed E-state index contributed by atoms with van der Waals surface area (Å²) >= 11 is 0. The first-order valence-electron chi connectivity index (χ1n) is 15.4. The van der Waals surface area contributed by atoms with E-state index in [-0.39, 0.29) is 0 Å². The first-order valence-corrected chi connectivity index (χ1v) is 15.4. The predicted molar refractivity (Wildman–Crippen MR) is 192 cm³/mol. The van der Waals surface area contributed by atoms with Gasteiger partial charge in [-0.2, -0.15) is 0 Å². The topological polar surface area (TPSA) is 30.9 Å². The molecule has 0 saturated heterocycles. The van der Waals surface area contributed by atoms with Crippen molar-refractivity contribution in [2.45, 2.75) is 33.2 Å². The van der Waals surface area contributed by atoms with Crippen LogP contribution in [0, 0.1) is 0 Å². The van der Waals surface area contributed by atoms with E-state index >= 15 is 0 Å². The smallest absolute Gasteiger partial charge is 0.0699 e. The molecule has 0 bridgehead atoms. The number of aliphatic imine (C=N–C) groups is 1. The number of nitrogens with zero attached hydrogens (tertiary/aromatic N) is 3. The van der Waals surface area contributed by atoms with E-state index in [2.05, 4.69) is 125 Å². The zero-order chi connectivity index (χ0) is 31.0. The molecule has 44 heavy (non-hydrogen) atoms. The normalized spacial score (nSPS) is 13.9. The lowest BCUT2D eigenvalue weighted by Crippen LogP contribution is -2.29. The molecule has 1 heterocycles. The Morgan fingerprint density at radius 3 is 2.05 bits per heavy atom. The average molecular weight is 581 g/mol. The van der Waals surface area contributed by atoms with Crippen LogP contribution in [0.2, 0.25) is 0 Å². The van der Waals surface area contributed by atoms with E-state index in [9.17, 15) is 0 Å². The van der Waals surface area contributed by atoms with Crippen LogP contribution in [0.4, 0.5) is 22.7 Å². The Morgan fingerprint density at radius 2 is 1.43 bits per heavy atom. The second-order valence-corrected chi connectivity index (χ2v) is 10.3. The molecule has 0 aromatic heterocycles. The highest BCUT2D eigenvalue weighted by Crippen LogP contribution is 2.49. The number of benzene rings is 3. The van der Waals surface area contributed by atoms with E-state index in [0.717, 1.165) is 60.7 Å². The van der Waals surface area contributed by atoms with Gasteiger partial charge in [-0.1, -0.05) is 92.1 Å². The first-order chi connectivity index (χ1) is 21.7. The summed E-state index contributed by atoms with van der Waals surface area (Å²) in [6.07, 6.45) is 22.1. The Labute approximate surface area is 264 Å². The molecule has 4 heteroatoms. The molecular weight excluding hydrogens is 536 g/mol. The molecule has 0 unspecified atom stereocenters. The first kappa shape index (κ1) is 31.8. The third-order valence-electron chi connectivity index (χ3n) is 7.43. The van der Waals surface area contributed by atoms with Gasteiger partial charge in [0.25, 0.3) is 0 Å². The highest BCUT2D eigenvalue weighted by Gasteiger charge is 2.28. The standard InChI is InChI=1S/C40H44N4/c1-5-9-21-36(8-4)44-39-24-15-13-22-37(39)43(38-23-14-16-25-40(38)44)31-18-17-28-41-29-26-34(6-2)35(7-3)27-30-42-32-33-19-11-10-12-20-33/h5-16,19-27,29-30,42H,2,4,17-18,28,31-32H2,1,3H3/b9-5-,30-27-,34-26+,35-7+,36-21+,41-29?. The van der Waals surface area contributed by atoms with Crippen molar-refractivity contribution >= 4 is 29.0 Å². The van der Waals surface area contributed by atoms with Crippen molar-refractivity contribution in [1.82, 2.24) is 5.32 Å². The SMILES string of the molecule is C=CC(=C\C=NCCCCN1c2ccccc2N(/C(C=C)=C/C=C\C)c2ccccc21)/C(/C=C\NCc1ccccc1)=C/C. The second kappa shape index (κ2) is 17.1. The lowest BCUT2D eigenvalue weighted by Gasteiger charge is -2.40. The lowest BCUT2D eigenvalue weighted by atomic mass is 10.1. The molecule has 0 amide bonds. The monoisotopic (exact) mass is 580 g/mol. The Bertz CT molecular complexity index is 1520. The number of allylic oxidation sites excluding steroid dienone is 10. The molecule has 224 valence electrons. The number of unbranched alkanes of at least 4 members (excludes halogenated alkanes) is 1. The molecule has 3 aromatic rings. The highest BCUT2D eigenvalue weighted by molar-refractivity contribution is 5.95. The molecule has 3 aromatic carbocycles. The lowest BCUT2D eigenvalue weighted by molar-refractivity contribution is 0.741. The number of anilines is 4. The molecule has 1 aliphatic heterocycles. The van der Waals surface area contributed by atoms with Gasteiger partial charge >= 0.3 is 0 Å². The summed E-state index contributed by atoms with van der Waals surface area (Å²) in [5, 5.41) is 3.36. The molecule has 4 nitrogen and oxygen atoms in total. The van der Waals surface area contributed by atoms with Gasteiger partial charge in [-0.3, -0.25) is 4.99 Å². The molecule has 4 rings (SSSR count). The van der Waals surface area contributed by atoms with E-state index in [1.54, 1.807) is 0 Å². The van der Waals surface area contributed by atoms with Crippen molar-refractivity contribution in [2.24, 2.45) is 4.99 Å². The number of rotatable bonds is 15. The quantitative estimate of drug-likeness (QED) is 0.110. The van der Waals surface area contributed by atoms with Crippen molar-refractivity contribution in [2.75, 3.05) is 22.9 Å². The van der Waals surface area contributed by atoms with Gasteiger partial charge in [-0.25, -0.2) is 0 Å². The van der Waals surface area contributed by atoms with Crippen LogP contribution in [-0.2, 0) is 6.54 Å². The molecule has 0 aliphatic carbocycles. The summed E-state index contributed by atoms with van der Waals surface area (Å²) < 4.78 is 0. The molecule has 0 saturated carbocycles. The summed E-state index contributed by atoms with van der Waals surface area (Å²) in [6, 6.07) is 27.6. The molecular formula is C40H44N4. The van der Waals surface area contributed by atoms with Gasteiger partial charge in [0, 0.05) is 31.5 Å². The van der Waals surface area contributed by atoms with E-state index in [1.165, 1.54) is 16.9 Å². The minimum Gasteiger partial charge on any atom is -0.387 e. The van der Waals surface area contributed by atoms with Gasteiger partial charge in [0.15, 0.2) is 0 Å².